The molecule has 2 aromatic carbocycles. The molecule has 0 fully saturated rings. The second-order valence-electron chi connectivity index (χ2n) is 11.9. The zero-order valence-electron chi connectivity index (χ0n) is 30.9. The lowest BCUT2D eigenvalue weighted by molar-refractivity contribution is 0.103. The lowest BCUT2D eigenvalue weighted by Gasteiger charge is -2.22. The van der Waals surface area contributed by atoms with Crippen LogP contribution in [0.5, 0.6) is 40.2 Å². The van der Waals surface area contributed by atoms with Gasteiger partial charge in [0.25, 0.3) is 0 Å². The highest BCUT2D eigenvalue weighted by atomic mass is 16.5. The number of unbranched alkanes of at least 4 members (excludes halogenated alkanes) is 6. The van der Waals surface area contributed by atoms with Crippen molar-refractivity contribution in [2.75, 3.05) is 46.8 Å². The fraction of sp³-hybridized carbons (Fsp3) is 0.625. The smallest absolute Gasteiger partial charge is 0.193 e. The van der Waals surface area contributed by atoms with Gasteiger partial charge in [0.05, 0.1) is 46.8 Å². The Kier molecular flexibility index (Phi) is 20.8. The average molecular weight is 671 g/mol. The third-order valence-corrected chi connectivity index (χ3v) is 7.61. The summed E-state index contributed by atoms with van der Waals surface area (Å²) < 4.78 is 43.2. The monoisotopic (exact) mass is 670 g/mol. The number of methoxy groups -OCH3 is 1. The van der Waals surface area contributed by atoms with Gasteiger partial charge in [-0.15, -0.1) is 0 Å². The van der Waals surface area contributed by atoms with E-state index in [2.05, 4.69) is 41.5 Å². The molecule has 2 rings (SSSR count). The molecule has 0 amide bonds. The number of allylic oxidation sites excluding steroid dienone is 1. The van der Waals surface area contributed by atoms with Crippen LogP contribution in [0.3, 0.4) is 0 Å². The molecule has 0 aliphatic rings. The van der Waals surface area contributed by atoms with Gasteiger partial charge in [-0.1, -0.05) is 80.1 Å². The van der Waals surface area contributed by atoms with Gasteiger partial charge >= 0.3 is 0 Å². The van der Waals surface area contributed by atoms with E-state index in [1.807, 2.05) is 18.2 Å². The Bertz CT molecular complexity index is 1180. The molecule has 0 saturated heterocycles. The van der Waals surface area contributed by atoms with Gasteiger partial charge in [-0.2, -0.15) is 0 Å². The van der Waals surface area contributed by atoms with E-state index in [1.165, 1.54) is 6.08 Å². The molecule has 0 radical (unpaired) electrons. The second kappa shape index (κ2) is 24.6. The Morgan fingerprint density at radius 2 is 0.938 bits per heavy atom. The third kappa shape index (κ3) is 13.5. The highest BCUT2D eigenvalue weighted by molar-refractivity contribution is 6.12. The predicted octanol–water partition coefficient (Wildman–Crippen LogP) is 10.7. The largest absolute Gasteiger partial charge is 0.493 e. The number of ether oxygens (including phenoxy) is 7. The quantitative estimate of drug-likeness (QED) is 0.0503. The zero-order valence-corrected chi connectivity index (χ0v) is 30.9. The average Bonchev–Trinajstić information content (AvgIpc) is 3.09. The minimum Gasteiger partial charge on any atom is -0.493 e. The number of hydrogen-bond donors (Lipinski definition) is 0. The molecule has 0 heterocycles. The molecule has 0 N–H and O–H groups in total. The summed E-state index contributed by atoms with van der Waals surface area (Å²) in [6, 6.07) is 5.56. The van der Waals surface area contributed by atoms with Crippen molar-refractivity contribution in [1.82, 2.24) is 0 Å². The van der Waals surface area contributed by atoms with Gasteiger partial charge in [0.1, 0.15) is 11.3 Å². The first-order valence-corrected chi connectivity index (χ1v) is 18.4. The van der Waals surface area contributed by atoms with Crippen molar-refractivity contribution >= 4 is 11.9 Å². The summed E-state index contributed by atoms with van der Waals surface area (Å²) in [5, 5.41) is 0. The van der Waals surface area contributed by atoms with E-state index < -0.39 is 0 Å². The summed E-state index contributed by atoms with van der Waals surface area (Å²) in [6.07, 6.45) is 14.4. The Balaban J connectivity index is 2.76. The molecule has 2 aromatic rings. The van der Waals surface area contributed by atoms with E-state index in [1.54, 1.807) is 13.2 Å². The van der Waals surface area contributed by atoms with E-state index in [-0.39, 0.29) is 5.78 Å². The Morgan fingerprint density at radius 1 is 0.521 bits per heavy atom. The summed E-state index contributed by atoms with van der Waals surface area (Å²) in [4.78, 5) is 14.5. The zero-order chi connectivity index (χ0) is 35.0. The van der Waals surface area contributed by atoms with Crippen LogP contribution in [-0.2, 0) is 0 Å². The van der Waals surface area contributed by atoms with Crippen LogP contribution in [0.4, 0.5) is 0 Å². The highest BCUT2D eigenvalue weighted by Crippen LogP contribution is 2.46. The van der Waals surface area contributed by atoms with Gasteiger partial charge in [0, 0.05) is 17.7 Å². The fourth-order valence-corrected chi connectivity index (χ4v) is 4.63. The molecule has 48 heavy (non-hydrogen) atoms. The molecule has 0 atom stereocenters. The van der Waals surface area contributed by atoms with Crippen LogP contribution in [0.2, 0.25) is 0 Å². The van der Waals surface area contributed by atoms with Gasteiger partial charge in [-0.05, 0) is 56.7 Å². The van der Waals surface area contributed by atoms with Crippen LogP contribution in [0.1, 0.15) is 135 Å². The molecule has 270 valence electrons. The molecule has 0 aliphatic heterocycles. The lowest BCUT2D eigenvalue weighted by Crippen LogP contribution is -2.12. The van der Waals surface area contributed by atoms with Crippen molar-refractivity contribution < 1.29 is 38.0 Å². The van der Waals surface area contributed by atoms with Crippen LogP contribution in [0.25, 0.3) is 6.08 Å². The van der Waals surface area contributed by atoms with E-state index >= 15 is 0 Å². The van der Waals surface area contributed by atoms with Crippen molar-refractivity contribution in [3.05, 3.63) is 35.4 Å². The summed E-state index contributed by atoms with van der Waals surface area (Å²) in [5.74, 6) is 3.23. The van der Waals surface area contributed by atoms with Crippen LogP contribution in [-0.4, -0.2) is 52.5 Å². The standard InChI is InChI=1S/C40H62O8/c1-8-14-22-43-32-28-31(38(34(29-32)42-7)46-25-17-11-4)20-21-33(41)37-39(47-26-18-12-5)35(44-23-15-9-2)30-36(45-24-16-10-3)40(37)48-27-19-13-6/h20-21,28-30H,8-19,22-27H2,1-7H3/b21-20+. The summed E-state index contributed by atoms with van der Waals surface area (Å²) >= 11 is 0. The van der Waals surface area contributed by atoms with Crippen molar-refractivity contribution in [2.45, 2.75) is 119 Å². The summed E-state index contributed by atoms with van der Waals surface area (Å²) in [7, 11) is 1.61. The molecule has 0 aliphatic carbocycles. The van der Waals surface area contributed by atoms with Crippen LogP contribution < -0.4 is 33.2 Å². The Labute approximate surface area is 290 Å². The van der Waals surface area contributed by atoms with Gasteiger partial charge in [-0.25, -0.2) is 0 Å². The molecule has 8 heteroatoms. The number of carbonyl (C=O) groups is 1. The minimum atomic E-state index is -0.287. The van der Waals surface area contributed by atoms with Crippen LogP contribution in [0.15, 0.2) is 24.3 Å². The second-order valence-corrected chi connectivity index (χ2v) is 11.9. The molecule has 0 aromatic heterocycles. The van der Waals surface area contributed by atoms with Gasteiger partial charge in [0.15, 0.2) is 40.3 Å². The van der Waals surface area contributed by atoms with Crippen molar-refractivity contribution in [1.29, 1.82) is 0 Å². The van der Waals surface area contributed by atoms with Crippen molar-refractivity contribution in [2.24, 2.45) is 0 Å². The maximum Gasteiger partial charge on any atom is 0.193 e. The van der Waals surface area contributed by atoms with Gasteiger partial charge < -0.3 is 33.2 Å². The van der Waals surface area contributed by atoms with Crippen LogP contribution in [0, 0.1) is 0 Å². The highest BCUT2D eigenvalue weighted by Gasteiger charge is 2.27. The predicted molar refractivity (Wildman–Crippen MR) is 195 cm³/mol. The van der Waals surface area contributed by atoms with E-state index in [9.17, 15) is 4.79 Å². The van der Waals surface area contributed by atoms with Crippen molar-refractivity contribution in [3.63, 3.8) is 0 Å². The molecule has 0 bridgehead atoms. The summed E-state index contributed by atoms with van der Waals surface area (Å²) in [6.45, 7) is 15.7. The minimum absolute atomic E-state index is 0.287. The molecule has 0 unspecified atom stereocenters. The SMILES string of the molecule is CCCCOc1cc(/C=C/C(=O)c2c(OCCCC)c(OCCCC)cc(OCCCC)c2OCCCC)c(OCCCC)c(OC)c1. The van der Waals surface area contributed by atoms with Gasteiger partial charge in [0.2, 0.25) is 0 Å². The normalized spacial score (nSPS) is 11.1. The van der Waals surface area contributed by atoms with E-state index in [4.69, 9.17) is 33.2 Å². The molecular formula is C40H62O8. The Morgan fingerprint density at radius 3 is 1.38 bits per heavy atom. The maximum absolute atomic E-state index is 14.5. The first-order valence-electron chi connectivity index (χ1n) is 18.4. The topological polar surface area (TPSA) is 81.7 Å². The number of rotatable bonds is 28. The summed E-state index contributed by atoms with van der Waals surface area (Å²) in [5.41, 5.74) is 0.983. The van der Waals surface area contributed by atoms with Crippen molar-refractivity contribution in [3.8, 4) is 40.2 Å². The number of hydrogen-bond acceptors (Lipinski definition) is 8. The number of benzene rings is 2. The number of ketones is 1. The molecule has 0 spiro atoms. The number of carbonyl (C=O) groups excluding carboxylic acids is 1. The first-order chi connectivity index (χ1) is 23.5. The molecule has 0 saturated carbocycles. The maximum atomic E-state index is 14.5. The molecular weight excluding hydrogens is 608 g/mol. The first kappa shape index (κ1) is 40.6. The lowest BCUT2D eigenvalue weighted by atomic mass is 10.0. The van der Waals surface area contributed by atoms with Crippen LogP contribution >= 0.6 is 0 Å². The Hall–Kier alpha value is -3.55. The van der Waals surface area contributed by atoms with E-state index in [0.717, 1.165) is 77.0 Å². The third-order valence-electron chi connectivity index (χ3n) is 7.61. The van der Waals surface area contributed by atoms with Gasteiger partial charge in [-0.3, -0.25) is 4.79 Å². The molecule has 8 nitrogen and oxygen atoms in total. The fourth-order valence-electron chi connectivity index (χ4n) is 4.63. The van der Waals surface area contributed by atoms with E-state index in [0.29, 0.717) is 91.0 Å².